The normalized spacial score (nSPS) is 15.7. The number of ether oxygens (including phenoxy) is 1. The first-order chi connectivity index (χ1) is 13.9. The van der Waals surface area contributed by atoms with Crippen LogP contribution >= 0.6 is 11.6 Å². The fourth-order valence-electron chi connectivity index (χ4n) is 3.17. The number of rotatable bonds is 7. The van der Waals surface area contributed by atoms with E-state index in [9.17, 15) is 20.0 Å². The van der Waals surface area contributed by atoms with Gasteiger partial charge in [0.2, 0.25) is 0 Å². The molecule has 1 aliphatic heterocycles. The van der Waals surface area contributed by atoms with E-state index >= 15 is 0 Å². The lowest BCUT2D eigenvalue weighted by Crippen LogP contribution is -2.51. The number of halogens is 1. The second-order valence-electron chi connectivity index (χ2n) is 6.79. The second kappa shape index (κ2) is 9.69. The Morgan fingerprint density at radius 3 is 2.59 bits per heavy atom. The average molecular weight is 420 g/mol. The zero-order valence-corrected chi connectivity index (χ0v) is 16.5. The van der Waals surface area contributed by atoms with E-state index in [1.165, 1.54) is 18.2 Å². The van der Waals surface area contributed by atoms with Crippen LogP contribution in [0.1, 0.15) is 10.4 Å². The summed E-state index contributed by atoms with van der Waals surface area (Å²) in [5.41, 5.74) is 0.435. The quantitative estimate of drug-likeness (QED) is 0.547. The number of carbonyl (C=O) groups is 1. The van der Waals surface area contributed by atoms with Gasteiger partial charge in [0.1, 0.15) is 18.5 Å². The molecule has 2 aromatic carbocycles. The highest BCUT2D eigenvalue weighted by atomic mass is 35.5. The number of amides is 1. The van der Waals surface area contributed by atoms with Gasteiger partial charge in [-0.2, -0.15) is 0 Å². The van der Waals surface area contributed by atoms with E-state index in [2.05, 4.69) is 4.90 Å². The standard InChI is InChI=1S/C20H22ClN3O5/c21-19-7-2-1-6-18(19)20(26)23-10-8-22(9-11-23)13-16(25)14-29-17-5-3-4-15(12-17)24(27)28/h1-7,12,16,25H,8-11,13-14H2/t16-/m1/s1. The molecule has 1 heterocycles. The van der Waals surface area contributed by atoms with Crippen LogP contribution in [0.15, 0.2) is 48.5 Å². The molecule has 3 rings (SSSR count). The highest BCUT2D eigenvalue weighted by molar-refractivity contribution is 6.33. The number of hydrogen-bond acceptors (Lipinski definition) is 6. The molecular formula is C20H22ClN3O5. The van der Waals surface area contributed by atoms with E-state index in [4.69, 9.17) is 16.3 Å². The smallest absolute Gasteiger partial charge is 0.273 e. The van der Waals surface area contributed by atoms with Crippen molar-refractivity contribution in [2.45, 2.75) is 6.10 Å². The molecule has 9 heteroatoms. The van der Waals surface area contributed by atoms with E-state index in [1.54, 1.807) is 35.2 Å². The summed E-state index contributed by atoms with van der Waals surface area (Å²) in [7, 11) is 0. The van der Waals surface area contributed by atoms with Crippen molar-refractivity contribution in [3.05, 3.63) is 69.2 Å². The van der Waals surface area contributed by atoms with Crippen molar-refractivity contribution in [1.29, 1.82) is 0 Å². The van der Waals surface area contributed by atoms with Gasteiger partial charge in [-0.25, -0.2) is 0 Å². The molecule has 0 aliphatic carbocycles. The Labute approximate surface area is 173 Å². The molecule has 0 radical (unpaired) electrons. The number of β-amino-alcohol motifs (C(OH)–C–C–N with tert-alkyl or cyclic N) is 1. The third-order valence-corrected chi connectivity index (χ3v) is 5.03. The number of non-ortho nitro benzene ring substituents is 1. The Hall–Kier alpha value is -2.68. The minimum Gasteiger partial charge on any atom is -0.491 e. The van der Waals surface area contributed by atoms with Crippen molar-refractivity contribution >= 4 is 23.2 Å². The van der Waals surface area contributed by atoms with Crippen molar-refractivity contribution in [3.63, 3.8) is 0 Å². The van der Waals surface area contributed by atoms with Gasteiger partial charge >= 0.3 is 0 Å². The van der Waals surface area contributed by atoms with Crippen LogP contribution in [0.4, 0.5) is 5.69 Å². The number of nitrogens with zero attached hydrogens (tertiary/aromatic N) is 3. The van der Waals surface area contributed by atoms with Crippen LogP contribution in [0.2, 0.25) is 5.02 Å². The molecule has 0 unspecified atom stereocenters. The number of benzene rings is 2. The number of aliphatic hydroxyl groups excluding tert-OH is 1. The van der Waals surface area contributed by atoms with E-state index in [0.29, 0.717) is 49.1 Å². The van der Waals surface area contributed by atoms with Gasteiger partial charge in [-0.05, 0) is 18.2 Å². The summed E-state index contributed by atoms with van der Waals surface area (Å²) in [6.07, 6.45) is -0.750. The van der Waals surface area contributed by atoms with Gasteiger partial charge in [-0.3, -0.25) is 19.8 Å². The molecule has 1 saturated heterocycles. The van der Waals surface area contributed by atoms with Gasteiger partial charge in [0.05, 0.1) is 21.6 Å². The molecule has 154 valence electrons. The molecule has 1 aliphatic rings. The van der Waals surface area contributed by atoms with Crippen LogP contribution in [0.3, 0.4) is 0 Å². The molecule has 8 nitrogen and oxygen atoms in total. The summed E-state index contributed by atoms with van der Waals surface area (Å²) >= 11 is 6.11. The molecule has 0 spiro atoms. The summed E-state index contributed by atoms with van der Waals surface area (Å²) < 4.78 is 5.47. The third-order valence-electron chi connectivity index (χ3n) is 4.70. The predicted molar refractivity (Wildman–Crippen MR) is 108 cm³/mol. The summed E-state index contributed by atoms with van der Waals surface area (Å²) in [4.78, 5) is 26.7. The van der Waals surface area contributed by atoms with Gasteiger partial charge in [-0.1, -0.05) is 29.8 Å². The van der Waals surface area contributed by atoms with Crippen molar-refractivity contribution in [3.8, 4) is 5.75 Å². The fraction of sp³-hybridized carbons (Fsp3) is 0.350. The van der Waals surface area contributed by atoms with Crippen molar-refractivity contribution < 1.29 is 19.6 Å². The Morgan fingerprint density at radius 1 is 1.17 bits per heavy atom. The first-order valence-corrected chi connectivity index (χ1v) is 9.63. The Bertz CT molecular complexity index is 871. The molecule has 1 atom stereocenters. The lowest BCUT2D eigenvalue weighted by atomic mass is 10.1. The molecule has 0 aromatic heterocycles. The molecule has 29 heavy (non-hydrogen) atoms. The summed E-state index contributed by atoms with van der Waals surface area (Å²) in [5.74, 6) is 0.248. The minimum absolute atomic E-state index is 0.0277. The number of nitro benzene ring substituents is 1. The van der Waals surface area contributed by atoms with E-state index in [0.717, 1.165) is 0 Å². The van der Waals surface area contributed by atoms with Gasteiger partial charge in [0, 0.05) is 38.8 Å². The second-order valence-corrected chi connectivity index (χ2v) is 7.20. The van der Waals surface area contributed by atoms with Crippen molar-refractivity contribution in [1.82, 2.24) is 9.80 Å². The SMILES string of the molecule is O=C(c1ccccc1Cl)N1CCN(C[C@@H](O)COc2cccc([N+](=O)[O-])c2)CC1. The topological polar surface area (TPSA) is 96.2 Å². The van der Waals surface area contributed by atoms with E-state index in [1.807, 2.05) is 0 Å². The molecule has 1 N–H and O–H groups in total. The van der Waals surface area contributed by atoms with E-state index < -0.39 is 11.0 Å². The number of nitro groups is 1. The van der Waals surface area contributed by atoms with Crippen LogP contribution in [0.5, 0.6) is 5.75 Å². The molecule has 0 saturated carbocycles. The number of aliphatic hydroxyl groups is 1. The van der Waals surface area contributed by atoms with E-state index in [-0.39, 0.29) is 18.2 Å². The predicted octanol–water partition coefficient (Wildman–Crippen LogP) is 2.45. The summed E-state index contributed by atoms with van der Waals surface area (Å²) in [6, 6.07) is 12.8. The van der Waals surface area contributed by atoms with Crippen molar-refractivity contribution in [2.75, 3.05) is 39.3 Å². The maximum atomic E-state index is 12.6. The molecular weight excluding hydrogens is 398 g/mol. The Kier molecular flexibility index (Phi) is 7.03. The zero-order valence-electron chi connectivity index (χ0n) is 15.7. The summed E-state index contributed by atoms with van der Waals surface area (Å²) in [6.45, 7) is 2.77. The highest BCUT2D eigenvalue weighted by Gasteiger charge is 2.24. The first-order valence-electron chi connectivity index (χ1n) is 9.25. The van der Waals surface area contributed by atoms with Gasteiger partial charge < -0.3 is 14.7 Å². The Balaban J connectivity index is 1.44. The number of carbonyl (C=O) groups excluding carboxylic acids is 1. The maximum Gasteiger partial charge on any atom is 0.273 e. The molecule has 2 aromatic rings. The highest BCUT2D eigenvalue weighted by Crippen LogP contribution is 2.20. The van der Waals surface area contributed by atoms with Gasteiger partial charge in [-0.15, -0.1) is 0 Å². The van der Waals surface area contributed by atoms with Crippen LogP contribution in [-0.2, 0) is 0 Å². The molecule has 1 amide bonds. The van der Waals surface area contributed by atoms with Crippen LogP contribution in [0, 0.1) is 10.1 Å². The third kappa shape index (κ3) is 5.66. The lowest BCUT2D eigenvalue weighted by molar-refractivity contribution is -0.384. The molecule has 1 fully saturated rings. The molecule has 0 bridgehead atoms. The number of hydrogen-bond donors (Lipinski definition) is 1. The van der Waals surface area contributed by atoms with Crippen LogP contribution < -0.4 is 4.74 Å². The van der Waals surface area contributed by atoms with Crippen LogP contribution in [0.25, 0.3) is 0 Å². The van der Waals surface area contributed by atoms with Crippen molar-refractivity contribution in [2.24, 2.45) is 0 Å². The Morgan fingerprint density at radius 2 is 1.90 bits per heavy atom. The summed E-state index contributed by atoms with van der Waals surface area (Å²) in [5, 5.41) is 21.5. The van der Waals surface area contributed by atoms with Crippen LogP contribution in [-0.4, -0.2) is 71.2 Å². The lowest BCUT2D eigenvalue weighted by Gasteiger charge is -2.35. The first kappa shape index (κ1) is 21.0. The maximum absolute atomic E-state index is 12.6. The largest absolute Gasteiger partial charge is 0.491 e. The minimum atomic E-state index is -0.750. The monoisotopic (exact) mass is 419 g/mol. The fourth-order valence-corrected chi connectivity index (χ4v) is 3.39. The zero-order chi connectivity index (χ0) is 20.8. The van der Waals surface area contributed by atoms with Gasteiger partial charge in [0.25, 0.3) is 11.6 Å². The average Bonchev–Trinajstić information content (AvgIpc) is 2.73. The number of piperazine rings is 1. The van der Waals surface area contributed by atoms with Gasteiger partial charge in [0.15, 0.2) is 0 Å².